The Bertz CT molecular complexity index is 365. The first kappa shape index (κ1) is 30.0. The molecule has 0 amide bonds. The first-order valence-corrected chi connectivity index (χ1v) is 28.8. The van der Waals surface area contributed by atoms with Gasteiger partial charge in [-0.25, -0.2) is 0 Å². The molecule has 0 fully saturated rings. The summed E-state index contributed by atoms with van der Waals surface area (Å²) in [4.78, 5) is 0. The van der Waals surface area contributed by atoms with Crippen LogP contribution in [0.1, 0.15) is 32.1 Å². The van der Waals surface area contributed by atoms with Crippen molar-refractivity contribution in [2.75, 3.05) is 0 Å². The van der Waals surface area contributed by atoms with Crippen molar-refractivity contribution in [1.29, 1.82) is 0 Å². The Morgan fingerprint density at radius 1 is 0.517 bits per heavy atom. The van der Waals surface area contributed by atoms with Crippen molar-refractivity contribution >= 4 is 54.2 Å². The fourth-order valence-electron chi connectivity index (χ4n) is 4.79. The Kier molecular flexibility index (Phi) is 21.7. The van der Waals surface area contributed by atoms with Gasteiger partial charge in [0.05, 0.1) is 0 Å². The number of hydrogen-bond donors (Lipinski definition) is 0. The minimum absolute atomic E-state index is 0.308. The maximum Gasteiger partial charge on any atom is 0.0375 e. The number of allylic oxidation sites excluding steroid dienone is 1. The molecule has 0 spiro atoms. The van der Waals surface area contributed by atoms with Crippen LogP contribution in [0.5, 0.6) is 0 Å². The lowest BCUT2D eigenvalue weighted by Gasteiger charge is -2.15. The van der Waals surface area contributed by atoms with Gasteiger partial charge >= 0.3 is 0 Å². The summed E-state index contributed by atoms with van der Waals surface area (Å²) in [6, 6.07) is 17.6. The van der Waals surface area contributed by atoms with Crippen molar-refractivity contribution in [3.63, 3.8) is 0 Å². The van der Waals surface area contributed by atoms with Crippen LogP contribution in [0, 0.1) is 0 Å². The molecule has 0 aromatic rings. The molecule has 0 aliphatic heterocycles. The van der Waals surface area contributed by atoms with Gasteiger partial charge in [0.2, 0.25) is 0 Å². The smallest absolute Gasteiger partial charge is 0.0375 e. The van der Waals surface area contributed by atoms with Crippen LogP contribution in [0.2, 0.25) is 99.2 Å². The second kappa shape index (κ2) is 20.9. The zero-order valence-electron chi connectivity index (χ0n) is 21.5. The van der Waals surface area contributed by atoms with Gasteiger partial charge in [-0.2, -0.15) is 0 Å². The van der Waals surface area contributed by atoms with Gasteiger partial charge in [-0.1, -0.05) is 131 Å². The summed E-state index contributed by atoms with van der Waals surface area (Å²) in [7, 11) is -0.431. The van der Waals surface area contributed by atoms with E-state index in [0.29, 0.717) is 0 Å². The lowest BCUT2D eigenvalue weighted by atomic mass is 10.5. The van der Waals surface area contributed by atoms with E-state index in [2.05, 4.69) is 45.4 Å². The van der Waals surface area contributed by atoms with Crippen LogP contribution in [-0.4, -0.2) is 54.2 Å². The van der Waals surface area contributed by atoms with Gasteiger partial charge < -0.3 is 0 Å². The Morgan fingerprint density at radius 3 is 1.07 bits per heavy atom. The fourth-order valence-corrected chi connectivity index (χ4v) is 18.4. The van der Waals surface area contributed by atoms with Gasteiger partial charge in [-0.3, -0.25) is 0 Å². The molecular formula is C23H58Si6. The SMILES string of the molecule is C=CC[SiH](C)CCC[SiH](C)CCC[SiH](C)CCC[SiH](C)CCC[SiH](C)CCC[SiH3]. The van der Waals surface area contributed by atoms with E-state index in [0.717, 1.165) is 0 Å². The summed E-state index contributed by atoms with van der Waals surface area (Å²) in [5.41, 5.74) is 0. The molecule has 5 atom stereocenters. The Hall–Kier alpha value is 1.04. The van der Waals surface area contributed by atoms with E-state index >= 15 is 0 Å². The molecule has 5 unspecified atom stereocenters. The summed E-state index contributed by atoms with van der Waals surface area (Å²) in [5.74, 6) is 0. The highest BCUT2D eigenvalue weighted by Gasteiger charge is 2.11. The molecule has 0 rings (SSSR count). The predicted molar refractivity (Wildman–Crippen MR) is 161 cm³/mol. The molecule has 0 radical (unpaired) electrons. The van der Waals surface area contributed by atoms with Gasteiger partial charge in [0.25, 0.3) is 0 Å². The minimum atomic E-state index is -0.427. The zero-order valence-corrected chi connectivity index (χ0v) is 29.3. The average Bonchev–Trinajstić information content (AvgIpc) is 2.66. The molecule has 0 N–H and O–H groups in total. The van der Waals surface area contributed by atoms with Crippen LogP contribution in [0.4, 0.5) is 0 Å². The van der Waals surface area contributed by atoms with Crippen molar-refractivity contribution in [1.82, 2.24) is 0 Å². The van der Waals surface area contributed by atoms with Crippen LogP contribution in [0.25, 0.3) is 0 Å². The maximum atomic E-state index is 3.91. The van der Waals surface area contributed by atoms with E-state index in [1.165, 1.54) is 16.3 Å². The van der Waals surface area contributed by atoms with Gasteiger partial charge in [-0.15, -0.1) is 6.58 Å². The third-order valence-electron chi connectivity index (χ3n) is 7.19. The van der Waals surface area contributed by atoms with Gasteiger partial charge in [0, 0.05) is 54.2 Å². The molecular weight excluding hydrogens is 445 g/mol. The molecule has 0 saturated heterocycles. The largest absolute Gasteiger partial charge is 0.103 e. The van der Waals surface area contributed by atoms with Crippen molar-refractivity contribution < 1.29 is 0 Å². The van der Waals surface area contributed by atoms with Crippen LogP contribution in [0.3, 0.4) is 0 Å². The summed E-state index contributed by atoms with van der Waals surface area (Å²) in [5, 5.41) is 0. The van der Waals surface area contributed by atoms with E-state index in [-0.39, 0.29) is 35.2 Å². The predicted octanol–water partition coefficient (Wildman–Crippen LogP) is 6.19. The molecule has 0 nitrogen and oxygen atoms in total. The molecule has 0 aromatic carbocycles. The third kappa shape index (κ3) is 20.7. The monoisotopic (exact) mass is 502 g/mol. The standard InChI is InChI=1S/C23H58Si6/c1-7-14-25(2)16-9-18-27(4)20-11-22-29(6)23-12-21-28(5)19-10-17-26(3)15-8-13-24/h7,25-29H,1,8-23H2,2-6,24H3. The lowest BCUT2D eigenvalue weighted by Crippen LogP contribution is -2.13. The second-order valence-corrected chi connectivity index (χ2v) is 28.6. The maximum absolute atomic E-state index is 3.91. The molecule has 0 aliphatic carbocycles. The van der Waals surface area contributed by atoms with Crippen molar-refractivity contribution in [3.05, 3.63) is 12.7 Å². The number of hydrogen-bond acceptors (Lipinski definition) is 0. The first-order valence-electron chi connectivity index (χ1n) is 13.5. The highest BCUT2D eigenvalue weighted by molar-refractivity contribution is 6.61. The topological polar surface area (TPSA) is 0 Å². The molecule has 6 heteroatoms. The van der Waals surface area contributed by atoms with Gasteiger partial charge in [-0.05, 0) is 6.04 Å². The quantitative estimate of drug-likeness (QED) is 0.130. The van der Waals surface area contributed by atoms with E-state index in [4.69, 9.17) is 0 Å². The summed E-state index contributed by atoms with van der Waals surface area (Å²) >= 11 is 0. The Morgan fingerprint density at radius 2 is 0.793 bits per heavy atom. The van der Waals surface area contributed by atoms with Crippen molar-refractivity contribution in [3.8, 4) is 0 Å². The molecule has 0 aliphatic rings. The summed E-state index contributed by atoms with van der Waals surface area (Å²) in [6.07, 6.45) is 10.1. The fraction of sp³-hybridized carbons (Fsp3) is 0.913. The molecule has 0 bridgehead atoms. The van der Waals surface area contributed by atoms with Gasteiger partial charge in [0.15, 0.2) is 0 Å². The Balaban J connectivity index is 3.58. The average molecular weight is 503 g/mol. The van der Waals surface area contributed by atoms with Crippen LogP contribution < -0.4 is 0 Å². The molecule has 0 heterocycles. The van der Waals surface area contributed by atoms with E-state index in [1.807, 2.05) is 0 Å². The molecule has 174 valence electrons. The normalized spacial score (nSPS) is 17.0. The van der Waals surface area contributed by atoms with E-state index in [9.17, 15) is 0 Å². The Labute approximate surface area is 197 Å². The first-order chi connectivity index (χ1) is 13.9. The highest BCUT2D eigenvalue weighted by Crippen LogP contribution is 2.18. The van der Waals surface area contributed by atoms with Crippen LogP contribution >= 0.6 is 0 Å². The van der Waals surface area contributed by atoms with E-state index < -0.39 is 8.80 Å². The molecule has 0 saturated carbocycles. The molecule has 0 aromatic heterocycles. The summed E-state index contributed by atoms with van der Waals surface area (Å²) < 4.78 is 0. The van der Waals surface area contributed by atoms with Crippen LogP contribution in [-0.2, 0) is 0 Å². The molecule has 29 heavy (non-hydrogen) atoms. The van der Waals surface area contributed by atoms with E-state index in [1.54, 1.807) is 92.5 Å². The highest BCUT2D eigenvalue weighted by atomic mass is 28.3. The van der Waals surface area contributed by atoms with Gasteiger partial charge in [0.1, 0.15) is 0 Å². The van der Waals surface area contributed by atoms with Crippen LogP contribution in [0.15, 0.2) is 12.7 Å². The number of rotatable bonds is 21. The second-order valence-electron chi connectivity index (χ2n) is 10.9. The van der Waals surface area contributed by atoms with Crippen molar-refractivity contribution in [2.45, 2.75) is 131 Å². The lowest BCUT2D eigenvalue weighted by molar-refractivity contribution is 0.955. The third-order valence-corrected chi connectivity index (χ3v) is 21.6. The zero-order chi connectivity index (χ0) is 21.9. The van der Waals surface area contributed by atoms with Crippen molar-refractivity contribution in [2.24, 2.45) is 0 Å². The summed E-state index contributed by atoms with van der Waals surface area (Å²) in [6.45, 7) is 17.1. The minimum Gasteiger partial charge on any atom is -0.103 e.